The number of aliphatic carboxylic acids is 1. The van der Waals surface area contributed by atoms with E-state index in [9.17, 15) is 9.59 Å². The Morgan fingerprint density at radius 2 is 2.20 bits per heavy atom. The predicted molar refractivity (Wildman–Crippen MR) is 74.1 cm³/mol. The number of aromatic nitrogens is 2. The van der Waals surface area contributed by atoms with Crippen LogP contribution < -0.4 is 0 Å². The highest BCUT2D eigenvalue weighted by atomic mass is 32.2. The number of rotatable bonds is 6. The molecule has 1 aromatic carbocycles. The third-order valence-electron chi connectivity index (χ3n) is 2.82. The van der Waals surface area contributed by atoms with Gasteiger partial charge < -0.3 is 14.3 Å². The van der Waals surface area contributed by atoms with Crippen LogP contribution in [0.2, 0.25) is 0 Å². The zero-order valence-electron chi connectivity index (χ0n) is 10.8. The standard InChI is InChI=1S/C13H14N2O4S/c1-2-8(7-11(16)17)12(18)19-20-13-14-9-5-3-4-6-10(9)15-13/h3-6,8H,2,7H2,1H3,(H,14,15)(H,16,17). The maximum Gasteiger partial charge on any atom is 0.321 e. The largest absolute Gasteiger partial charge is 0.481 e. The molecule has 0 aliphatic heterocycles. The molecule has 7 heteroatoms. The molecule has 20 heavy (non-hydrogen) atoms. The van der Waals surface area contributed by atoms with E-state index in [-0.39, 0.29) is 6.42 Å². The molecule has 0 aliphatic carbocycles. The van der Waals surface area contributed by atoms with Gasteiger partial charge in [-0.05, 0) is 18.6 Å². The molecule has 0 aliphatic rings. The first kappa shape index (κ1) is 14.4. The minimum atomic E-state index is -1.01. The first-order valence-corrected chi connectivity index (χ1v) is 6.89. The van der Waals surface area contributed by atoms with Crippen molar-refractivity contribution in [2.75, 3.05) is 0 Å². The van der Waals surface area contributed by atoms with Crippen LogP contribution >= 0.6 is 12.0 Å². The number of hydrogen-bond donors (Lipinski definition) is 2. The zero-order chi connectivity index (χ0) is 14.5. The van der Waals surface area contributed by atoms with Crippen LogP contribution in [-0.2, 0) is 13.8 Å². The first-order chi connectivity index (χ1) is 9.60. The lowest BCUT2D eigenvalue weighted by molar-refractivity contribution is -0.145. The number of carboxylic acids is 1. The second-order valence-electron chi connectivity index (χ2n) is 4.25. The fourth-order valence-corrected chi connectivity index (χ4v) is 2.31. The van der Waals surface area contributed by atoms with E-state index in [1.807, 2.05) is 24.3 Å². The molecule has 0 spiro atoms. The van der Waals surface area contributed by atoms with Gasteiger partial charge in [0, 0.05) is 0 Å². The summed E-state index contributed by atoms with van der Waals surface area (Å²) in [6.45, 7) is 1.75. The second kappa shape index (κ2) is 6.42. The van der Waals surface area contributed by atoms with Crippen molar-refractivity contribution in [3.05, 3.63) is 24.3 Å². The Morgan fingerprint density at radius 3 is 2.85 bits per heavy atom. The van der Waals surface area contributed by atoms with Crippen molar-refractivity contribution < 1.29 is 18.9 Å². The highest BCUT2D eigenvalue weighted by Crippen LogP contribution is 2.22. The van der Waals surface area contributed by atoms with Crippen molar-refractivity contribution in [3.63, 3.8) is 0 Å². The summed E-state index contributed by atoms with van der Waals surface area (Å²) in [5, 5.41) is 9.17. The van der Waals surface area contributed by atoms with E-state index in [1.54, 1.807) is 6.92 Å². The fraction of sp³-hybridized carbons (Fsp3) is 0.308. The lowest BCUT2D eigenvalue weighted by Crippen LogP contribution is -2.18. The van der Waals surface area contributed by atoms with Gasteiger partial charge in [-0.15, -0.1) is 0 Å². The Bertz CT molecular complexity index is 593. The number of imidazole rings is 1. The summed E-state index contributed by atoms with van der Waals surface area (Å²) in [5.74, 6) is -2.19. The van der Waals surface area contributed by atoms with Gasteiger partial charge in [-0.1, -0.05) is 19.1 Å². The van der Waals surface area contributed by atoms with E-state index < -0.39 is 17.9 Å². The summed E-state index contributed by atoms with van der Waals surface area (Å²) in [6.07, 6.45) is 0.196. The molecule has 0 bridgehead atoms. The van der Waals surface area contributed by atoms with Crippen LogP contribution in [0.25, 0.3) is 11.0 Å². The van der Waals surface area contributed by atoms with Crippen molar-refractivity contribution >= 4 is 35.0 Å². The minimum absolute atomic E-state index is 0.226. The van der Waals surface area contributed by atoms with E-state index in [0.29, 0.717) is 11.6 Å². The number of aromatic amines is 1. The third-order valence-corrected chi connectivity index (χ3v) is 3.42. The summed E-state index contributed by atoms with van der Waals surface area (Å²) < 4.78 is 5.03. The molecule has 0 saturated heterocycles. The Hall–Kier alpha value is -2.02. The number of carbonyl (C=O) groups excluding carboxylic acids is 1. The SMILES string of the molecule is CCC(CC(=O)O)C(=O)OSc1nc2ccccc2[nH]1. The number of fused-ring (bicyclic) bond motifs is 1. The maximum atomic E-state index is 11.8. The smallest absolute Gasteiger partial charge is 0.321 e. The molecule has 2 aromatic rings. The third kappa shape index (κ3) is 3.51. The number of nitrogens with one attached hydrogen (secondary N) is 1. The van der Waals surface area contributed by atoms with Crippen LogP contribution in [0.5, 0.6) is 0 Å². The first-order valence-electron chi connectivity index (χ1n) is 6.15. The molecule has 2 rings (SSSR count). The van der Waals surface area contributed by atoms with E-state index >= 15 is 0 Å². The molecule has 1 unspecified atom stereocenters. The van der Waals surface area contributed by atoms with Gasteiger partial charge in [0.25, 0.3) is 0 Å². The Kier molecular flexibility index (Phi) is 4.62. The number of nitrogens with zero attached hydrogens (tertiary/aromatic N) is 1. The van der Waals surface area contributed by atoms with Gasteiger partial charge in [-0.2, -0.15) is 0 Å². The predicted octanol–water partition coefficient (Wildman–Crippen LogP) is 2.61. The molecular weight excluding hydrogens is 280 g/mol. The monoisotopic (exact) mass is 294 g/mol. The van der Waals surface area contributed by atoms with Gasteiger partial charge in [0.1, 0.15) is 12.0 Å². The van der Waals surface area contributed by atoms with Crippen LogP contribution in [-0.4, -0.2) is 27.0 Å². The second-order valence-corrected chi connectivity index (χ2v) is 4.97. The van der Waals surface area contributed by atoms with E-state index in [1.165, 1.54) is 0 Å². The summed E-state index contributed by atoms with van der Waals surface area (Å²) in [4.78, 5) is 29.6. The molecule has 0 fully saturated rings. The van der Waals surface area contributed by atoms with Crippen molar-refractivity contribution in [1.29, 1.82) is 0 Å². The molecule has 0 saturated carbocycles. The highest BCUT2D eigenvalue weighted by molar-refractivity contribution is 7.94. The Balaban J connectivity index is 1.96. The average Bonchev–Trinajstić information content (AvgIpc) is 2.84. The number of carboxylic acid groups (broad SMARTS) is 1. The Labute approximate surface area is 119 Å². The van der Waals surface area contributed by atoms with Gasteiger partial charge in [0.15, 0.2) is 0 Å². The van der Waals surface area contributed by atoms with Crippen LogP contribution in [0.15, 0.2) is 29.4 Å². The van der Waals surface area contributed by atoms with Crippen LogP contribution in [0, 0.1) is 5.92 Å². The van der Waals surface area contributed by atoms with Crippen molar-refractivity contribution in [2.45, 2.75) is 24.9 Å². The van der Waals surface area contributed by atoms with Crippen LogP contribution in [0.4, 0.5) is 0 Å². The van der Waals surface area contributed by atoms with Gasteiger partial charge in [-0.25, -0.2) is 4.98 Å². The molecular formula is C13H14N2O4S. The topological polar surface area (TPSA) is 92.3 Å². The van der Waals surface area contributed by atoms with Gasteiger partial charge in [0.05, 0.1) is 23.4 Å². The summed E-state index contributed by atoms with van der Waals surface area (Å²) in [5.41, 5.74) is 1.63. The van der Waals surface area contributed by atoms with Gasteiger partial charge in [-0.3, -0.25) is 9.59 Å². The lowest BCUT2D eigenvalue weighted by atomic mass is 10.0. The lowest BCUT2D eigenvalue weighted by Gasteiger charge is -2.09. The van der Waals surface area contributed by atoms with E-state index in [4.69, 9.17) is 9.29 Å². The molecule has 1 heterocycles. The average molecular weight is 294 g/mol. The fourth-order valence-electron chi connectivity index (χ4n) is 1.72. The van der Waals surface area contributed by atoms with E-state index in [2.05, 4.69) is 9.97 Å². The summed E-state index contributed by atoms with van der Waals surface area (Å²) in [6, 6.07) is 7.45. The normalized spacial score (nSPS) is 12.2. The number of para-hydroxylation sites is 2. The molecule has 0 radical (unpaired) electrons. The van der Waals surface area contributed by atoms with Crippen molar-refractivity contribution in [3.8, 4) is 0 Å². The molecule has 106 valence electrons. The van der Waals surface area contributed by atoms with Crippen LogP contribution in [0.3, 0.4) is 0 Å². The van der Waals surface area contributed by atoms with Gasteiger partial charge in [0.2, 0.25) is 5.16 Å². The molecule has 6 nitrogen and oxygen atoms in total. The van der Waals surface area contributed by atoms with Crippen molar-refractivity contribution in [1.82, 2.24) is 9.97 Å². The van der Waals surface area contributed by atoms with Crippen LogP contribution in [0.1, 0.15) is 19.8 Å². The summed E-state index contributed by atoms with van der Waals surface area (Å²) in [7, 11) is 0. The Morgan fingerprint density at radius 1 is 1.45 bits per heavy atom. The minimum Gasteiger partial charge on any atom is -0.481 e. The number of H-pyrrole nitrogens is 1. The number of carbonyl (C=O) groups is 2. The maximum absolute atomic E-state index is 11.8. The molecule has 0 amide bonds. The summed E-state index contributed by atoms with van der Waals surface area (Å²) >= 11 is 0.816. The number of benzene rings is 1. The van der Waals surface area contributed by atoms with E-state index in [0.717, 1.165) is 23.1 Å². The van der Waals surface area contributed by atoms with Crippen molar-refractivity contribution in [2.24, 2.45) is 5.92 Å². The number of hydrogen-bond acceptors (Lipinski definition) is 5. The highest BCUT2D eigenvalue weighted by Gasteiger charge is 2.22. The van der Waals surface area contributed by atoms with Gasteiger partial charge >= 0.3 is 11.9 Å². The molecule has 1 atom stereocenters. The zero-order valence-corrected chi connectivity index (χ0v) is 11.6. The molecule has 1 aromatic heterocycles. The molecule has 2 N–H and O–H groups in total. The quantitative estimate of drug-likeness (QED) is 0.796.